The normalized spacial score (nSPS) is 11.5. The van der Waals surface area contributed by atoms with Crippen LogP contribution in [-0.2, 0) is 0 Å². The number of rotatable bonds is 4. The molecule has 0 saturated carbocycles. The van der Waals surface area contributed by atoms with E-state index in [4.69, 9.17) is 0 Å². The van der Waals surface area contributed by atoms with Gasteiger partial charge in [0.2, 0.25) is 0 Å². The largest absolute Gasteiger partial charge is 0.206 e. The lowest BCUT2D eigenvalue weighted by molar-refractivity contribution is 0.620. The van der Waals surface area contributed by atoms with Gasteiger partial charge in [0.1, 0.15) is 5.82 Å². The summed E-state index contributed by atoms with van der Waals surface area (Å²) < 4.78 is 13.6. The Hall–Kier alpha value is -1.11. The summed E-state index contributed by atoms with van der Waals surface area (Å²) in [5.74, 6) is 0.265. The molecule has 15 heavy (non-hydrogen) atoms. The predicted molar refractivity (Wildman–Crippen MR) is 64.4 cm³/mol. The Kier molecular flexibility index (Phi) is 4.54. The van der Waals surface area contributed by atoms with Crippen LogP contribution in [0.1, 0.15) is 50.7 Å². The summed E-state index contributed by atoms with van der Waals surface area (Å²) in [7, 11) is 0. The molecular formula is C14H19F. The number of hydrogen-bond acceptors (Lipinski definition) is 0. The molecule has 0 aromatic heterocycles. The number of unbranched alkanes of at least 4 members (excludes halogenated alkanes) is 1. The maximum atomic E-state index is 13.6. The molecule has 0 unspecified atom stereocenters. The molecule has 0 saturated heterocycles. The molecule has 0 aliphatic heterocycles. The summed E-state index contributed by atoms with van der Waals surface area (Å²) >= 11 is 0. The highest BCUT2D eigenvalue weighted by Crippen LogP contribution is 2.18. The fraction of sp³-hybridized carbons (Fsp3) is 0.429. The minimum absolute atomic E-state index is 0.117. The van der Waals surface area contributed by atoms with Gasteiger partial charge in [0.15, 0.2) is 0 Å². The van der Waals surface area contributed by atoms with Gasteiger partial charge in [-0.2, -0.15) is 0 Å². The van der Waals surface area contributed by atoms with Gasteiger partial charge in [-0.3, -0.25) is 0 Å². The van der Waals surface area contributed by atoms with Crippen LogP contribution in [0.15, 0.2) is 24.3 Å². The molecule has 0 bridgehead atoms. The predicted octanol–water partition coefficient (Wildman–Crippen LogP) is 4.76. The van der Waals surface area contributed by atoms with Crippen molar-refractivity contribution in [3.8, 4) is 0 Å². The lowest BCUT2D eigenvalue weighted by Gasteiger charge is -2.06. The van der Waals surface area contributed by atoms with Crippen LogP contribution in [0.25, 0.3) is 6.08 Å². The second-order valence-corrected chi connectivity index (χ2v) is 4.13. The van der Waals surface area contributed by atoms with Crippen LogP contribution in [0.4, 0.5) is 4.39 Å². The average molecular weight is 206 g/mol. The van der Waals surface area contributed by atoms with Crippen molar-refractivity contribution >= 4 is 6.08 Å². The van der Waals surface area contributed by atoms with Gasteiger partial charge in [-0.05, 0) is 24.0 Å². The highest BCUT2D eigenvalue weighted by atomic mass is 19.1. The van der Waals surface area contributed by atoms with Crippen LogP contribution in [0, 0.1) is 5.82 Å². The molecule has 0 nitrogen and oxygen atoms in total. The van der Waals surface area contributed by atoms with Crippen molar-refractivity contribution in [1.29, 1.82) is 0 Å². The van der Waals surface area contributed by atoms with Gasteiger partial charge in [0.05, 0.1) is 0 Å². The van der Waals surface area contributed by atoms with E-state index in [9.17, 15) is 4.39 Å². The van der Waals surface area contributed by atoms with Crippen molar-refractivity contribution in [1.82, 2.24) is 0 Å². The Bertz CT molecular complexity index is 337. The number of allylic oxidation sites excluding steroid dienone is 1. The Morgan fingerprint density at radius 1 is 1.33 bits per heavy atom. The summed E-state index contributed by atoms with van der Waals surface area (Å²) in [5.41, 5.74) is 1.74. The summed E-state index contributed by atoms with van der Waals surface area (Å²) in [6.45, 7) is 6.26. The van der Waals surface area contributed by atoms with Gasteiger partial charge in [0.25, 0.3) is 0 Å². The second-order valence-electron chi connectivity index (χ2n) is 4.13. The third kappa shape index (κ3) is 3.50. The zero-order valence-corrected chi connectivity index (χ0v) is 9.76. The van der Waals surface area contributed by atoms with Crippen molar-refractivity contribution in [3.63, 3.8) is 0 Å². The summed E-state index contributed by atoms with van der Waals surface area (Å²) in [4.78, 5) is 0. The molecular weight excluding hydrogens is 187 g/mol. The van der Waals surface area contributed by atoms with E-state index in [1.54, 1.807) is 6.07 Å². The van der Waals surface area contributed by atoms with E-state index in [1.165, 1.54) is 0 Å². The Morgan fingerprint density at radius 3 is 2.60 bits per heavy atom. The zero-order valence-electron chi connectivity index (χ0n) is 9.76. The van der Waals surface area contributed by atoms with Gasteiger partial charge < -0.3 is 0 Å². The zero-order chi connectivity index (χ0) is 11.3. The van der Waals surface area contributed by atoms with E-state index in [1.807, 2.05) is 24.3 Å². The Balaban J connectivity index is 2.83. The van der Waals surface area contributed by atoms with E-state index in [-0.39, 0.29) is 5.82 Å². The van der Waals surface area contributed by atoms with Crippen LogP contribution in [0.5, 0.6) is 0 Å². The standard InChI is InChI=1S/C14H19F/c1-4-5-6-7-12-8-9-13(11(2)3)10-14(12)15/h6-11H,4-5H2,1-3H3. The molecule has 0 radical (unpaired) electrons. The first kappa shape index (κ1) is 12.0. The lowest BCUT2D eigenvalue weighted by atomic mass is 10.0. The van der Waals surface area contributed by atoms with E-state index >= 15 is 0 Å². The minimum Gasteiger partial charge on any atom is -0.206 e. The Labute approximate surface area is 91.8 Å². The average Bonchev–Trinajstić information content (AvgIpc) is 2.20. The van der Waals surface area contributed by atoms with Crippen LogP contribution >= 0.6 is 0 Å². The van der Waals surface area contributed by atoms with Crippen molar-refractivity contribution in [2.24, 2.45) is 0 Å². The van der Waals surface area contributed by atoms with Gasteiger partial charge in [-0.1, -0.05) is 51.5 Å². The van der Waals surface area contributed by atoms with Gasteiger partial charge in [-0.15, -0.1) is 0 Å². The van der Waals surface area contributed by atoms with E-state index in [0.29, 0.717) is 11.5 Å². The molecule has 1 aromatic rings. The monoisotopic (exact) mass is 206 g/mol. The maximum absolute atomic E-state index is 13.6. The molecule has 0 aliphatic carbocycles. The molecule has 1 aromatic carbocycles. The van der Waals surface area contributed by atoms with Crippen molar-refractivity contribution in [3.05, 3.63) is 41.2 Å². The van der Waals surface area contributed by atoms with Gasteiger partial charge in [-0.25, -0.2) is 4.39 Å². The number of benzene rings is 1. The molecule has 82 valence electrons. The highest BCUT2D eigenvalue weighted by molar-refractivity contribution is 5.50. The molecule has 1 heteroatoms. The fourth-order valence-corrected chi connectivity index (χ4v) is 1.41. The molecule has 0 heterocycles. The lowest BCUT2D eigenvalue weighted by Crippen LogP contribution is -1.90. The summed E-state index contributed by atoms with van der Waals surface area (Å²) in [6, 6.07) is 5.49. The van der Waals surface area contributed by atoms with Crippen molar-refractivity contribution in [2.75, 3.05) is 0 Å². The number of hydrogen-bond donors (Lipinski definition) is 0. The van der Waals surface area contributed by atoms with Gasteiger partial charge >= 0.3 is 0 Å². The third-order valence-corrected chi connectivity index (χ3v) is 2.44. The SMILES string of the molecule is CCCC=Cc1ccc(C(C)C)cc1F. The third-order valence-electron chi connectivity index (χ3n) is 2.44. The molecule has 0 atom stereocenters. The fourth-order valence-electron chi connectivity index (χ4n) is 1.41. The Morgan fingerprint density at radius 2 is 2.07 bits per heavy atom. The van der Waals surface area contributed by atoms with Crippen LogP contribution in [0.2, 0.25) is 0 Å². The maximum Gasteiger partial charge on any atom is 0.130 e. The summed E-state index contributed by atoms with van der Waals surface area (Å²) in [6.07, 6.45) is 5.99. The van der Waals surface area contributed by atoms with Crippen LogP contribution in [0.3, 0.4) is 0 Å². The molecule has 0 N–H and O–H groups in total. The quantitative estimate of drug-likeness (QED) is 0.666. The van der Waals surface area contributed by atoms with E-state index < -0.39 is 0 Å². The highest BCUT2D eigenvalue weighted by Gasteiger charge is 2.03. The van der Waals surface area contributed by atoms with Crippen molar-refractivity contribution < 1.29 is 4.39 Å². The molecule has 0 amide bonds. The topological polar surface area (TPSA) is 0 Å². The first-order valence-electron chi connectivity index (χ1n) is 5.61. The first-order valence-corrected chi connectivity index (χ1v) is 5.61. The smallest absolute Gasteiger partial charge is 0.130 e. The molecule has 0 spiro atoms. The van der Waals surface area contributed by atoms with Crippen molar-refractivity contribution in [2.45, 2.75) is 39.5 Å². The summed E-state index contributed by atoms with van der Waals surface area (Å²) in [5, 5.41) is 0. The number of halogens is 1. The molecule has 0 fully saturated rings. The van der Waals surface area contributed by atoms with Crippen LogP contribution < -0.4 is 0 Å². The van der Waals surface area contributed by atoms with E-state index in [0.717, 1.165) is 18.4 Å². The van der Waals surface area contributed by atoms with E-state index in [2.05, 4.69) is 20.8 Å². The van der Waals surface area contributed by atoms with Gasteiger partial charge in [0, 0.05) is 5.56 Å². The minimum atomic E-state index is -0.117. The molecule has 1 rings (SSSR count). The first-order chi connectivity index (χ1) is 7.15. The molecule has 0 aliphatic rings. The second kappa shape index (κ2) is 5.69. The van der Waals surface area contributed by atoms with Crippen LogP contribution in [-0.4, -0.2) is 0 Å².